The van der Waals surface area contributed by atoms with Gasteiger partial charge < -0.3 is 0 Å². The number of fused-ring (bicyclic) bond motifs is 1. The minimum absolute atomic E-state index is 0.0164. The fourth-order valence-corrected chi connectivity index (χ4v) is 1.50. The number of rotatable bonds is 0. The molecule has 0 saturated carbocycles. The summed E-state index contributed by atoms with van der Waals surface area (Å²) in [7, 11) is 0. The van der Waals surface area contributed by atoms with Gasteiger partial charge in [0.15, 0.2) is 0 Å². The van der Waals surface area contributed by atoms with Crippen LogP contribution in [0.15, 0.2) is 39.4 Å². The van der Waals surface area contributed by atoms with Crippen molar-refractivity contribution >= 4 is 42.6 Å². The molecule has 1 heterocycles. The number of halogens is 2. The van der Waals surface area contributed by atoms with E-state index in [0.29, 0.717) is 0 Å². The molecule has 0 atom stereocenters. The van der Waals surface area contributed by atoms with Gasteiger partial charge in [-0.1, -0.05) is 22.0 Å². The molecule has 0 unspecified atom stereocenters. The van der Waals surface area contributed by atoms with Gasteiger partial charge in [-0.3, -0.25) is 4.98 Å². The molecular formula is C9H5Br2N. The first-order valence-electron chi connectivity index (χ1n) is 5.58. The average Bonchev–Trinajstić information content (AvgIpc) is 2.28. The molecule has 0 aliphatic carbocycles. The molecule has 2 rings (SSSR count). The lowest BCUT2D eigenvalue weighted by molar-refractivity contribution is 1.35. The Balaban J connectivity index is 3.17. The minimum Gasteiger partial charge on any atom is -0.263 e. The van der Waals surface area contributed by atoms with Crippen LogP contribution in [0.3, 0.4) is 0 Å². The Morgan fingerprint density at radius 1 is 1.25 bits per heavy atom. The fourth-order valence-electron chi connectivity index (χ4n) is 0.821. The van der Waals surface area contributed by atoms with Crippen LogP contribution < -0.4 is 0 Å². The Morgan fingerprint density at radius 2 is 2.08 bits per heavy atom. The summed E-state index contributed by atoms with van der Waals surface area (Å²) in [6, 6.07) is -0.333. The molecule has 0 aliphatic rings. The summed E-state index contributed by atoms with van der Waals surface area (Å²) in [6.45, 7) is 0. The zero-order chi connectivity index (χ0) is 12.9. The van der Waals surface area contributed by atoms with Crippen LogP contribution in [-0.4, -0.2) is 4.98 Å². The highest BCUT2D eigenvalue weighted by Crippen LogP contribution is 2.25. The summed E-state index contributed by atoms with van der Waals surface area (Å²) in [5.41, 5.74) is 0. The highest BCUT2D eigenvalue weighted by atomic mass is 79.9. The van der Waals surface area contributed by atoms with Gasteiger partial charge in [0.25, 0.3) is 0 Å². The monoisotopic (exact) mass is 290 g/mol. The number of hydrogen-bond donors (Lipinski definition) is 0. The Hall–Kier alpha value is -0.410. The SMILES string of the molecule is [2H]c1nc([2H])c2c([2H])c([2H])c(Br)c([2H])c2c1Br. The maximum absolute atomic E-state index is 7.89. The first-order valence-corrected chi connectivity index (χ1v) is 4.66. The molecule has 0 fully saturated rings. The van der Waals surface area contributed by atoms with Gasteiger partial charge >= 0.3 is 0 Å². The smallest absolute Gasteiger partial charge is 0.0852 e. The predicted molar refractivity (Wildman–Crippen MR) is 57.1 cm³/mol. The van der Waals surface area contributed by atoms with Crippen molar-refractivity contribution in [3.63, 3.8) is 0 Å². The van der Waals surface area contributed by atoms with E-state index < -0.39 is 0 Å². The Kier molecular flexibility index (Phi) is 1.10. The van der Waals surface area contributed by atoms with Gasteiger partial charge in [0.05, 0.1) is 6.85 Å². The molecule has 1 nitrogen and oxygen atoms in total. The van der Waals surface area contributed by atoms with E-state index in [2.05, 4.69) is 36.8 Å². The standard InChI is InChI=1S/C9H5Br2N/c10-7-2-1-6-4-12-5-9(11)8(6)3-7/h1-5H/i1D,2D,3D,4D,5D. The van der Waals surface area contributed by atoms with Gasteiger partial charge in [0, 0.05) is 32.1 Å². The summed E-state index contributed by atoms with van der Waals surface area (Å²) in [6.07, 6.45) is -0.410. The van der Waals surface area contributed by atoms with Crippen LogP contribution in [0, 0.1) is 0 Å². The Labute approximate surface area is 94.1 Å². The maximum atomic E-state index is 7.89. The Bertz CT molecular complexity index is 644. The first kappa shape index (κ1) is 4.20. The van der Waals surface area contributed by atoms with Crippen molar-refractivity contribution in [2.24, 2.45) is 0 Å². The number of nitrogens with zero attached hydrogens (tertiary/aromatic N) is 1. The molecule has 60 valence electrons. The maximum Gasteiger partial charge on any atom is 0.0852 e. The van der Waals surface area contributed by atoms with Crippen LogP contribution in [-0.2, 0) is 0 Å². The highest BCUT2D eigenvalue weighted by Gasteiger charge is 1.98. The quantitative estimate of drug-likeness (QED) is 0.720. The summed E-state index contributed by atoms with van der Waals surface area (Å²) in [4.78, 5) is 3.66. The largest absolute Gasteiger partial charge is 0.263 e. The minimum atomic E-state index is -0.257. The average molecular weight is 292 g/mol. The van der Waals surface area contributed by atoms with Gasteiger partial charge in [0.2, 0.25) is 0 Å². The zero-order valence-corrected chi connectivity index (χ0v) is 8.88. The van der Waals surface area contributed by atoms with E-state index in [1.807, 2.05) is 0 Å². The molecule has 3 heteroatoms. The van der Waals surface area contributed by atoms with E-state index in [-0.39, 0.29) is 50.2 Å². The van der Waals surface area contributed by atoms with Crippen LogP contribution >= 0.6 is 31.9 Å². The summed E-state index contributed by atoms with van der Waals surface area (Å²) < 4.78 is 39.0. The molecule has 12 heavy (non-hydrogen) atoms. The van der Waals surface area contributed by atoms with E-state index in [0.717, 1.165) is 0 Å². The first-order chi connectivity index (χ1) is 7.86. The summed E-state index contributed by atoms with van der Waals surface area (Å²) in [5.74, 6) is 0. The molecule has 0 aliphatic heterocycles. The second-order valence-corrected chi connectivity index (χ2v) is 3.67. The summed E-state index contributed by atoms with van der Waals surface area (Å²) in [5, 5.41) is 0.383. The van der Waals surface area contributed by atoms with E-state index in [1.54, 1.807) is 0 Å². The number of pyridine rings is 1. The molecule has 0 saturated heterocycles. The zero-order valence-electron chi connectivity index (χ0n) is 10.7. The van der Waals surface area contributed by atoms with Gasteiger partial charge in [-0.2, -0.15) is 0 Å². The lowest BCUT2D eigenvalue weighted by Gasteiger charge is -1.99. The molecule has 0 bridgehead atoms. The Morgan fingerprint density at radius 3 is 2.92 bits per heavy atom. The van der Waals surface area contributed by atoms with Crippen molar-refractivity contribution in [2.45, 2.75) is 0 Å². The second kappa shape index (κ2) is 3.15. The van der Waals surface area contributed by atoms with E-state index in [9.17, 15) is 0 Å². The topological polar surface area (TPSA) is 12.9 Å². The lowest BCUT2D eigenvalue weighted by Crippen LogP contribution is -1.77. The normalized spacial score (nSPS) is 16.3. The van der Waals surface area contributed by atoms with Crippen molar-refractivity contribution in [2.75, 3.05) is 0 Å². The van der Waals surface area contributed by atoms with Gasteiger partial charge in [-0.15, -0.1) is 0 Å². The second-order valence-electron chi connectivity index (χ2n) is 2.09. The molecule has 0 amide bonds. The van der Waals surface area contributed by atoms with Gasteiger partial charge in [-0.05, 0) is 28.0 Å². The van der Waals surface area contributed by atoms with Gasteiger partial charge in [0.1, 0.15) is 0 Å². The summed E-state index contributed by atoms with van der Waals surface area (Å²) >= 11 is 6.22. The van der Waals surface area contributed by atoms with Crippen LogP contribution in [0.2, 0.25) is 0 Å². The van der Waals surface area contributed by atoms with Crippen LogP contribution in [0.5, 0.6) is 0 Å². The molecule has 2 aromatic rings. The van der Waals surface area contributed by atoms with E-state index in [4.69, 9.17) is 6.85 Å². The highest BCUT2D eigenvalue weighted by molar-refractivity contribution is 9.11. The number of aromatic nitrogens is 1. The van der Waals surface area contributed by atoms with Crippen LogP contribution in [0.1, 0.15) is 6.85 Å². The molecular weight excluding hydrogens is 282 g/mol. The number of hydrogen-bond acceptors (Lipinski definition) is 1. The molecule has 0 radical (unpaired) electrons. The van der Waals surface area contributed by atoms with Crippen molar-refractivity contribution in [1.82, 2.24) is 4.98 Å². The van der Waals surface area contributed by atoms with Crippen molar-refractivity contribution < 1.29 is 6.85 Å². The van der Waals surface area contributed by atoms with Crippen molar-refractivity contribution in [3.8, 4) is 0 Å². The molecule has 1 aromatic heterocycles. The lowest BCUT2D eigenvalue weighted by atomic mass is 10.2. The third-order valence-electron chi connectivity index (χ3n) is 1.32. The van der Waals surface area contributed by atoms with Crippen LogP contribution in [0.4, 0.5) is 0 Å². The van der Waals surface area contributed by atoms with Crippen molar-refractivity contribution in [1.29, 1.82) is 0 Å². The van der Waals surface area contributed by atoms with E-state index >= 15 is 0 Å². The molecule has 0 spiro atoms. The van der Waals surface area contributed by atoms with E-state index in [1.165, 1.54) is 0 Å². The van der Waals surface area contributed by atoms with Gasteiger partial charge in [-0.25, -0.2) is 0 Å². The number of benzene rings is 1. The van der Waals surface area contributed by atoms with Crippen LogP contribution in [0.25, 0.3) is 10.8 Å². The molecule has 1 aromatic carbocycles. The molecule has 0 N–H and O–H groups in total. The van der Waals surface area contributed by atoms with Crippen molar-refractivity contribution in [3.05, 3.63) is 39.4 Å². The third-order valence-corrected chi connectivity index (χ3v) is 2.29. The third kappa shape index (κ3) is 1.39. The fraction of sp³-hybridized carbons (Fsp3) is 0. The predicted octanol–water partition coefficient (Wildman–Crippen LogP) is 3.76.